The van der Waals surface area contributed by atoms with Crippen molar-refractivity contribution in [3.8, 4) is 0 Å². The molecule has 0 saturated heterocycles. The molecule has 35 heavy (non-hydrogen) atoms. The molecule has 9 heteroatoms. The van der Waals surface area contributed by atoms with E-state index in [4.69, 9.17) is 11.6 Å². The highest BCUT2D eigenvalue weighted by molar-refractivity contribution is 6.40. The van der Waals surface area contributed by atoms with Gasteiger partial charge in [-0.1, -0.05) is 55.1 Å². The summed E-state index contributed by atoms with van der Waals surface area (Å²) < 4.78 is 0. The number of pyridine rings is 1. The third-order valence-electron chi connectivity index (χ3n) is 5.89. The van der Waals surface area contributed by atoms with Crippen LogP contribution >= 0.6 is 11.6 Å². The molecule has 1 fully saturated rings. The van der Waals surface area contributed by atoms with E-state index in [-0.39, 0.29) is 22.8 Å². The maximum absolute atomic E-state index is 12.8. The summed E-state index contributed by atoms with van der Waals surface area (Å²) in [4.78, 5) is 41.8. The molecule has 0 spiro atoms. The lowest BCUT2D eigenvalue weighted by atomic mass is 9.95. The second kappa shape index (κ2) is 11.1. The van der Waals surface area contributed by atoms with Gasteiger partial charge in [-0.05, 0) is 49.6 Å². The Morgan fingerprint density at radius 1 is 1.03 bits per heavy atom. The van der Waals surface area contributed by atoms with Crippen molar-refractivity contribution in [1.29, 1.82) is 0 Å². The fourth-order valence-corrected chi connectivity index (χ4v) is 4.25. The molecule has 1 aromatic heterocycles. The number of fused-ring (bicyclic) bond motifs is 1. The first-order valence-corrected chi connectivity index (χ1v) is 11.9. The summed E-state index contributed by atoms with van der Waals surface area (Å²) >= 11 is 6.23. The van der Waals surface area contributed by atoms with Crippen molar-refractivity contribution >= 4 is 52.1 Å². The van der Waals surface area contributed by atoms with Crippen LogP contribution in [0.15, 0.2) is 53.6 Å². The van der Waals surface area contributed by atoms with Gasteiger partial charge in [0.15, 0.2) is 0 Å². The molecule has 0 unspecified atom stereocenters. The summed E-state index contributed by atoms with van der Waals surface area (Å²) in [7, 11) is 0. The van der Waals surface area contributed by atoms with Gasteiger partial charge >= 0.3 is 11.8 Å². The van der Waals surface area contributed by atoms with E-state index in [2.05, 4.69) is 26.1 Å². The second-order valence-electron chi connectivity index (χ2n) is 8.57. The minimum Gasteiger partial charge on any atom is -0.349 e. The molecule has 3 aromatic rings. The number of amides is 3. The Labute approximate surface area is 208 Å². The first kappa shape index (κ1) is 24.3. The van der Waals surface area contributed by atoms with Crippen LogP contribution in [0.3, 0.4) is 0 Å². The third kappa shape index (κ3) is 6.22. The quantitative estimate of drug-likeness (QED) is 0.213. The second-order valence-corrected chi connectivity index (χ2v) is 8.93. The number of halogens is 1. The number of nitrogens with one attached hydrogen (secondary N) is 3. The molecule has 4 rings (SSSR count). The van der Waals surface area contributed by atoms with Gasteiger partial charge < -0.3 is 10.6 Å². The molecule has 180 valence electrons. The highest BCUT2D eigenvalue weighted by atomic mass is 35.5. The molecule has 3 amide bonds. The van der Waals surface area contributed by atoms with Crippen molar-refractivity contribution in [2.45, 2.75) is 45.1 Å². The van der Waals surface area contributed by atoms with E-state index in [0.29, 0.717) is 11.1 Å². The zero-order valence-corrected chi connectivity index (χ0v) is 20.1. The van der Waals surface area contributed by atoms with Crippen LogP contribution in [0, 0.1) is 6.92 Å². The van der Waals surface area contributed by atoms with Crippen LogP contribution in [0.25, 0.3) is 10.9 Å². The Hall–Kier alpha value is -3.78. The molecule has 0 bridgehead atoms. The van der Waals surface area contributed by atoms with Gasteiger partial charge in [0.1, 0.15) is 5.15 Å². The number of anilines is 1. The van der Waals surface area contributed by atoms with Gasteiger partial charge in [0.25, 0.3) is 5.91 Å². The lowest BCUT2D eigenvalue weighted by Gasteiger charge is -2.23. The molecule has 1 saturated carbocycles. The molecule has 8 nitrogen and oxygen atoms in total. The van der Waals surface area contributed by atoms with Crippen LogP contribution in [-0.2, 0) is 9.59 Å². The van der Waals surface area contributed by atoms with E-state index in [1.54, 1.807) is 30.3 Å². The van der Waals surface area contributed by atoms with E-state index in [1.807, 2.05) is 25.1 Å². The summed E-state index contributed by atoms with van der Waals surface area (Å²) in [6.45, 7) is 1.96. The number of hydrogen-bond donors (Lipinski definition) is 3. The normalized spacial score (nSPS) is 14.1. The number of benzene rings is 2. The van der Waals surface area contributed by atoms with Crippen molar-refractivity contribution in [2.24, 2.45) is 5.10 Å². The summed E-state index contributed by atoms with van der Waals surface area (Å²) in [6.07, 6.45) is 6.56. The van der Waals surface area contributed by atoms with E-state index in [9.17, 15) is 14.4 Å². The van der Waals surface area contributed by atoms with E-state index < -0.39 is 11.8 Å². The van der Waals surface area contributed by atoms with Crippen LogP contribution in [0.2, 0.25) is 5.15 Å². The van der Waals surface area contributed by atoms with Gasteiger partial charge in [-0.3, -0.25) is 14.4 Å². The maximum Gasteiger partial charge on any atom is 0.329 e. The fourth-order valence-electron chi connectivity index (χ4n) is 4.05. The fraction of sp³-hybridized carbons (Fsp3) is 0.269. The summed E-state index contributed by atoms with van der Waals surface area (Å²) in [5.41, 5.74) is 5.04. The molecule has 3 N–H and O–H groups in total. The standard InChI is InChI=1S/C26H26ClN5O3/c1-16-11-12-17-14-18(23(27)30-22(17)13-16)15-28-32-26(35)25(34)31-21-10-6-5-9-20(21)24(33)29-19-7-3-2-4-8-19/h5-6,9-15,19H,2-4,7-8H2,1H3,(H,29,33)(H,31,34)(H,32,35)/b28-15-. The van der Waals surface area contributed by atoms with Crippen molar-refractivity contribution in [2.75, 3.05) is 5.32 Å². The molecule has 0 atom stereocenters. The maximum atomic E-state index is 12.8. The lowest BCUT2D eigenvalue weighted by molar-refractivity contribution is -0.136. The van der Waals surface area contributed by atoms with Crippen LogP contribution in [0.4, 0.5) is 5.69 Å². The number of para-hydroxylation sites is 1. The minimum atomic E-state index is -0.982. The highest BCUT2D eigenvalue weighted by Crippen LogP contribution is 2.21. The number of hydrazone groups is 1. The Morgan fingerprint density at radius 2 is 1.80 bits per heavy atom. The van der Waals surface area contributed by atoms with E-state index in [1.165, 1.54) is 12.6 Å². The Bertz CT molecular complexity index is 1300. The van der Waals surface area contributed by atoms with Gasteiger partial charge in [0.05, 0.1) is 23.0 Å². The third-order valence-corrected chi connectivity index (χ3v) is 6.19. The van der Waals surface area contributed by atoms with Gasteiger partial charge in [-0.2, -0.15) is 5.10 Å². The smallest absolute Gasteiger partial charge is 0.329 e. The average molecular weight is 492 g/mol. The van der Waals surface area contributed by atoms with Crippen LogP contribution in [0.1, 0.15) is 53.6 Å². The Balaban J connectivity index is 1.38. The number of hydrogen-bond acceptors (Lipinski definition) is 5. The zero-order chi connectivity index (χ0) is 24.8. The number of carbonyl (C=O) groups excluding carboxylic acids is 3. The number of nitrogens with zero attached hydrogens (tertiary/aromatic N) is 2. The Morgan fingerprint density at radius 3 is 2.60 bits per heavy atom. The van der Waals surface area contributed by atoms with Gasteiger partial charge in [-0.15, -0.1) is 0 Å². The summed E-state index contributed by atoms with van der Waals surface area (Å²) in [5, 5.41) is 10.4. The minimum absolute atomic E-state index is 0.123. The van der Waals surface area contributed by atoms with Crippen LogP contribution in [0.5, 0.6) is 0 Å². The topological polar surface area (TPSA) is 113 Å². The predicted octanol–water partition coefficient (Wildman–Crippen LogP) is 4.35. The molecular weight excluding hydrogens is 466 g/mol. The van der Waals surface area contributed by atoms with Gasteiger partial charge in [-0.25, -0.2) is 10.4 Å². The number of aryl methyl sites for hydroxylation is 1. The van der Waals surface area contributed by atoms with Gasteiger partial charge in [0, 0.05) is 17.0 Å². The molecule has 1 heterocycles. The molecule has 0 aliphatic heterocycles. The molecular formula is C26H26ClN5O3. The SMILES string of the molecule is Cc1ccc2cc(/C=N\NC(=O)C(=O)Nc3ccccc3C(=O)NC3CCCCC3)c(Cl)nc2c1. The number of carbonyl (C=O) groups is 3. The molecule has 1 aliphatic rings. The Kier molecular flexibility index (Phi) is 7.72. The first-order chi connectivity index (χ1) is 16.9. The van der Waals surface area contributed by atoms with E-state index >= 15 is 0 Å². The largest absolute Gasteiger partial charge is 0.349 e. The summed E-state index contributed by atoms with van der Waals surface area (Å²) in [6, 6.07) is 14.3. The van der Waals surface area contributed by atoms with Crippen LogP contribution in [-0.4, -0.2) is 35.0 Å². The highest BCUT2D eigenvalue weighted by Gasteiger charge is 2.21. The van der Waals surface area contributed by atoms with Crippen molar-refractivity contribution in [3.63, 3.8) is 0 Å². The zero-order valence-electron chi connectivity index (χ0n) is 19.3. The number of rotatable bonds is 5. The first-order valence-electron chi connectivity index (χ1n) is 11.5. The average Bonchev–Trinajstić information content (AvgIpc) is 2.85. The van der Waals surface area contributed by atoms with Crippen molar-refractivity contribution < 1.29 is 14.4 Å². The van der Waals surface area contributed by atoms with Crippen LogP contribution < -0.4 is 16.1 Å². The molecule has 2 aromatic carbocycles. The monoisotopic (exact) mass is 491 g/mol. The van der Waals surface area contributed by atoms with Crippen molar-refractivity contribution in [1.82, 2.24) is 15.7 Å². The van der Waals surface area contributed by atoms with E-state index in [0.717, 1.165) is 42.1 Å². The van der Waals surface area contributed by atoms with Gasteiger partial charge in [0.2, 0.25) is 0 Å². The molecule has 0 radical (unpaired) electrons. The van der Waals surface area contributed by atoms with Crippen molar-refractivity contribution in [3.05, 3.63) is 70.4 Å². The summed E-state index contributed by atoms with van der Waals surface area (Å²) in [5.74, 6) is -2.21. The number of aromatic nitrogens is 1. The lowest BCUT2D eigenvalue weighted by Crippen LogP contribution is -2.37. The predicted molar refractivity (Wildman–Crippen MR) is 137 cm³/mol. The molecule has 1 aliphatic carbocycles.